The van der Waals surface area contributed by atoms with Gasteiger partial charge in [0.1, 0.15) is 0 Å². The molecule has 1 aliphatic rings. The summed E-state index contributed by atoms with van der Waals surface area (Å²) in [7, 11) is 1.63. The monoisotopic (exact) mass is 365 g/mol. The normalized spacial score (nSPS) is 14.0. The summed E-state index contributed by atoms with van der Waals surface area (Å²) in [5.74, 6) is 0.396. The lowest BCUT2D eigenvalue weighted by molar-refractivity contribution is -0.116. The highest BCUT2D eigenvalue weighted by atomic mass is 16.2. The van der Waals surface area contributed by atoms with Crippen LogP contribution in [0.15, 0.2) is 54.6 Å². The van der Waals surface area contributed by atoms with Crippen molar-refractivity contribution in [2.75, 3.05) is 30.8 Å². The Hall–Kier alpha value is -2.82. The van der Waals surface area contributed by atoms with Gasteiger partial charge in [0.25, 0.3) is 5.91 Å². The van der Waals surface area contributed by atoms with Gasteiger partial charge in [0.2, 0.25) is 5.91 Å². The molecule has 0 atom stereocenters. The number of likely N-dealkylation sites (N-methyl/N-ethyl adjacent to an activating group) is 1. The first-order valence-electron chi connectivity index (χ1n) is 9.56. The Kier molecular flexibility index (Phi) is 6.47. The molecule has 2 N–H and O–H groups in total. The smallest absolute Gasteiger partial charge is 0.254 e. The Bertz CT molecular complexity index is 753. The third-order valence-corrected chi connectivity index (χ3v) is 4.99. The van der Waals surface area contributed by atoms with Crippen molar-refractivity contribution < 1.29 is 9.59 Å². The van der Waals surface area contributed by atoms with Crippen molar-refractivity contribution in [2.45, 2.75) is 25.7 Å². The van der Waals surface area contributed by atoms with E-state index in [2.05, 4.69) is 10.6 Å². The van der Waals surface area contributed by atoms with Gasteiger partial charge in [0.05, 0.1) is 6.54 Å². The van der Waals surface area contributed by atoms with Crippen LogP contribution in [0.1, 0.15) is 36.0 Å². The first-order chi connectivity index (χ1) is 13.1. The second kappa shape index (κ2) is 9.21. The molecule has 2 aromatic carbocycles. The van der Waals surface area contributed by atoms with E-state index in [9.17, 15) is 9.59 Å². The molecule has 2 aromatic rings. The summed E-state index contributed by atoms with van der Waals surface area (Å²) in [5, 5.41) is 6.31. The first kappa shape index (κ1) is 19.0. The number of hydrogen-bond donors (Lipinski definition) is 2. The Morgan fingerprint density at radius 2 is 1.59 bits per heavy atom. The number of anilines is 2. The van der Waals surface area contributed by atoms with Crippen LogP contribution in [0.2, 0.25) is 0 Å². The van der Waals surface area contributed by atoms with Gasteiger partial charge in [-0.3, -0.25) is 9.59 Å². The van der Waals surface area contributed by atoms with Crippen LogP contribution < -0.4 is 10.6 Å². The molecule has 1 aliphatic carbocycles. The fourth-order valence-electron chi connectivity index (χ4n) is 3.44. The van der Waals surface area contributed by atoms with Crippen molar-refractivity contribution in [2.24, 2.45) is 5.92 Å². The molecule has 0 unspecified atom stereocenters. The maximum absolute atomic E-state index is 12.3. The minimum Gasteiger partial charge on any atom is -0.385 e. The average molecular weight is 365 g/mol. The molecule has 0 aliphatic heterocycles. The Morgan fingerprint density at radius 1 is 0.963 bits per heavy atom. The highest BCUT2D eigenvalue weighted by Gasteiger charge is 2.15. The quantitative estimate of drug-likeness (QED) is 0.780. The second-order valence-corrected chi connectivity index (χ2v) is 7.18. The van der Waals surface area contributed by atoms with Crippen molar-refractivity contribution >= 4 is 23.2 Å². The lowest BCUT2D eigenvalue weighted by atomic mass is 10.1. The average Bonchev–Trinajstić information content (AvgIpc) is 3.21. The number of nitrogens with zero attached hydrogens (tertiary/aromatic N) is 1. The zero-order valence-corrected chi connectivity index (χ0v) is 15.8. The van der Waals surface area contributed by atoms with Crippen LogP contribution in [0.3, 0.4) is 0 Å². The molecule has 0 aromatic heterocycles. The molecule has 0 saturated heterocycles. The Labute approximate surface area is 160 Å². The fourth-order valence-corrected chi connectivity index (χ4v) is 3.44. The van der Waals surface area contributed by atoms with E-state index in [-0.39, 0.29) is 18.4 Å². The lowest BCUT2D eigenvalue weighted by Crippen LogP contribution is -2.34. The summed E-state index contributed by atoms with van der Waals surface area (Å²) in [6.07, 6.45) is 5.32. The van der Waals surface area contributed by atoms with Gasteiger partial charge in [0, 0.05) is 30.5 Å². The summed E-state index contributed by atoms with van der Waals surface area (Å²) in [5.41, 5.74) is 2.37. The van der Waals surface area contributed by atoms with E-state index in [0.29, 0.717) is 5.56 Å². The summed E-state index contributed by atoms with van der Waals surface area (Å²) < 4.78 is 0. The van der Waals surface area contributed by atoms with Crippen LogP contribution in [-0.2, 0) is 4.79 Å². The Balaban J connectivity index is 1.46. The topological polar surface area (TPSA) is 61.4 Å². The van der Waals surface area contributed by atoms with Gasteiger partial charge in [-0.2, -0.15) is 0 Å². The molecule has 3 rings (SSSR count). The van der Waals surface area contributed by atoms with Crippen LogP contribution in [-0.4, -0.2) is 36.9 Å². The van der Waals surface area contributed by atoms with Gasteiger partial charge < -0.3 is 15.5 Å². The van der Waals surface area contributed by atoms with Gasteiger partial charge in [-0.25, -0.2) is 0 Å². The van der Waals surface area contributed by atoms with Crippen LogP contribution in [0.4, 0.5) is 11.4 Å². The largest absolute Gasteiger partial charge is 0.385 e. The number of nitrogens with one attached hydrogen (secondary N) is 2. The van der Waals surface area contributed by atoms with Crippen LogP contribution in [0.25, 0.3) is 0 Å². The van der Waals surface area contributed by atoms with E-state index in [1.54, 1.807) is 19.2 Å². The number of carbonyl (C=O) groups is 2. The summed E-state index contributed by atoms with van der Waals surface area (Å²) in [4.78, 5) is 25.9. The van der Waals surface area contributed by atoms with Gasteiger partial charge in [-0.05, 0) is 55.2 Å². The predicted octanol–water partition coefficient (Wildman–Crippen LogP) is 4.00. The molecule has 27 heavy (non-hydrogen) atoms. The van der Waals surface area contributed by atoms with Crippen LogP contribution in [0.5, 0.6) is 0 Å². The molecular weight excluding hydrogens is 338 g/mol. The number of carbonyl (C=O) groups excluding carboxylic acids is 2. The maximum atomic E-state index is 12.3. The van der Waals surface area contributed by atoms with Crippen molar-refractivity contribution in [1.82, 2.24) is 4.90 Å². The lowest BCUT2D eigenvalue weighted by Gasteiger charge is -2.17. The number of rotatable bonds is 7. The van der Waals surface area contributed by atoms with E-state index in [4.69, 9.17) is 0 Å². The molecule has 5 heteroatoms. The summed E-state index contributed by atoms with van der Waals surface area (Å²) in [6, 6.07) is 16.7. The molecule has 0 radical (unpaired) electrons. The molecule has 2 amide bonds. The van der Waals surface area contributed by atoms with E-state index in [1.807, 2.05) is 42.5 Å². The van der Waals surface area contributed by atoms with E-state index in [0.717, 1.165) is 23.8 Å². The minimum atomic E-state index is -0.214. The van der Waals surface area contributed by atoms with E-state index in [1.165, 1.54) is 30.6 Å². The van der Waals surface area contributed by atoms with Crippen molar-refractivity contribution in [3.05, 3.63) is 60.2 Å². The first-order valence-corrected chi connectivity index (χ1v) is 9.56. The number of hydrogen-bond acceptors (Lipinski definition) is 3. The third-order valence-electron chi connectivity index (χ3n) is 4.99. The van der Waals surface area contributed by atoms with Gasteiger partial charge in [0.15, 0.2) is 0 Å². The highest BCUT2D eigenvalue weighted by molar-refractivity contribution is 5.99. The Morgan fingerprint density at radius 3 is 2.26 bits per heavy atom. The standard InChI is InChI=1S/C22H27N3O2/c1-25(22(27)18-9-3-2-4-10-18)16-21(26)24-20-13-11-19(12-14-20)23-15-17-7-5-6-8-17/h2-4,9-14,17,23H,5-8,15-16H2,1H3,(H,24,26). The fraction of sp³-hybridized carbons (Fsp3) is 0.364. The molecule has 5 nitrogen and oxygen atoms in total. The molecular formula is C22H27N3O2. The van der Waals surface area contributed by atoms with E-state index >= 15 is 0 Å². The van der Waals surface area contributed by atoms with Crippen molar-refractivity contribution in [1.29, 1.82) is 0 Å². The molecule has 1 saturated carbocycles. The maximum Gasteiger partial charge on any atom is 0.254 e. The molecule has 1 fully saturated rings. The van der Waals surface area contributed by atoms with Crippen LogP contribution >= 0.6 is 0 Å². The summed E-state index contributed by atoms with van der Waals surface area (Å²) in [6.45, 7) is 1.02. The van der Waals surface area contributed by atoms with Crippen molar-refractivity contribution in [3.63, 3.8) is 0 Å². The van der Waals surface area contributed by atoms with Gasteiger partial charge in [-0.15, -0.1) is 0 Å². The predicted molar refractivity (Wildman–Crippen MR) is 109 cm³/mol. The SMILES string of the molecule is CN(CC(=O)Nc1ccc(NCC2CCCC2)cc1)C(=O)c1ccccc1. The number of benzene rings is 2. The molecule has 0 spiro atoms. The zero-order valence-electron chi connectivity index (χ0n) is 15.8. The molecule has 142 valence electrons. The molecule has 0 heterocycles. The third kappa shape index (κ3) is 5.58. The van der Waals surface area contributed by atoms with Gasteiger partial charge >= 0.3 is 0 Å². The number of amides is 2. The van der Waals surface area contributed by atoms with Crippen molar-refractivity contribution in [3.8, 4) is 0 Å². The van der Waals surface area contributed by atoms with Crippen LogP contribution in [0, 0.1) is 5.92 Å². The summed E-state index contributed by atoms with van der Waals surface area (Å²) >= 11 is 0. The van der Waals surface area contributed by atoms with E-state index < -0.39 is 0 Å². The highest BCUT2D eigenvalue weighted by Crippen LogP contribution is 2.25. The van der Waals surface area contributed by atoms with Gasteiger partial charge in [-0.1, -0.05) is 31.0 Å². The minimum absolute atomic E-state index is 0.00933. The zero-order chi connectivity index (χ0) is 19.1. The molecule has 0 bridgehead atoms. The second-order valence-electron chi connectivity index (χ2n) is 7.18.